The predicted molar refractivity (Wildman–Crippen MR) is 105 cm³/mol. The molecule has 1 amide bonds. The molecule has 0 radical (unpaired) electrons. The van der Waals surface area contributed by atoms with E-state index in [4.69, 9.17) is 4.74 Å². The molecule has 0 bridgehead atoms. The molecule has 1 aliphatic heterocycles. The first-order valence-electron chi connectivity index (χ1n) is 10.3. The molecule has 1 saturated carbocycles. The number of carbonyl (C=O) groups is 1. The van der Waals surface area contributed by atoms with Gasteiger partial charge in [0, 0.05) is 24.3 Å². The first kappa shape index (κ1) is 19.1. The minimum absolute atomic E-state index is 0.0419. The lowest BCUT2D eigenvalue weighted by atomic mass is 9.88. The number of halogens is 1. The number of hydrogen-bond donors (Lipinski definition) is 0. The molecule has 0 unspecified atom stereocenters. The lowest BCUT2D eigenvalue weighted by Crippen LogP contribution is -2.43. The maximum atomic E-state index is 13.2. The van der Waals surface area contributed by atoms with Gasteiger partial charge in [0.05, 0.1) is 24.7 Å². The Morgan fingerprint density at radius 2 is 2.07 bits per heavy atom. The number of benzene rings is 1. The summed E-state index contributed by atoms with van der Waals surface area (Å²) in [5.41, 5.74) is 2.88. The first-order chi connectivity index (χ1) is 13.5. The van der Waals surface area contributed by atoms with Crippen molar-refractivity contribution in [2.24, 2.45) is 5.92 Å². The first-order valence-corrected chi connectivity index (χ1v) is 10.3. The van der Waals surface area contributed by atoms with E-state index < -0.39 is 6.10 Å². The van der Waals surface area contributed by atoms with Gasteiger partial charge in [-0.1, -0.05) is 19.8 Å². The summed E-state index contributed by atoms with van der Waals surface area (Å²) < 4.78 is 21.3. The molecule has 150 valence electrons. The summed E-state index contributed by atoms with van der Waals surface area (Å²) in [5.74, 6) is 0.463. The third kappa shape index (κ3) is 3.97. The topological polar surface area (TPSA) is 47.4 Å². The molecule has 3 atom stereocenters. The molecule has 6 heteroatoms. The summed E-state index contributed by atoms with van der Waals surface area (Å²) in [6.07, 6.45) is 6.80. The Labute approximate surface area is 165 Å². The Balaban J connectivity index is 1.41. The fourth-order valence-corrected chi connectivity index (χ4v) is 4.43. The molecule has 28 heavy (non-hydrogen) atoms. The van der Waals surface area contributed by atoms with E-state index in [1.165, 1.54) is 25.0 Å². The largest absolute Gasteiger partial charge is 0.365 e. The second-order valence-electron chi connectivity index (χ2n) is 8.17. The lowest BCUT2D eigenvalue weighted by molar-refractivity contribution is -0.149. The standard InChI is InChI=1S/C22H28FN3O2/c1-15-4-3-5-19(12-15)28-16(2)22(27)25-11-10-21-20(13-25)24-14-26(21)18-8-6-17(23)7-9-18/h6-9,14-16,19H,3-5,10-13H2,1-2H3/t15-,16+,19-/m1/s1. The van der Waals surface area contributed by atoms with E-state index in [0.29, 0.717) is 19.0 Å². The number of carbonyl (C=O) groups excluding carboxylic acids is 1. The van der Waals surface area contributed by atoms with Crippen LogP contribution < -0.4 is 0 Å². The smallest absolute Gasteiger partial charge is 0.251 e. The van der Waals surface area contributed by atoms with Gasteiger partial charge < -0.3 is 14.2 Å². The molecule has 4 rings (SSSR count). The molecule has 1 aromatic heterocycles. The molecule has 2 aliphatic rings. The van der Waals surface area contributed by atoms with Crippen molar-refractivity contribution in [1.82, 2.24) is 14.5 Å². The van der Waals surface area contributed by atoms with Crippen LogP contribution in [0.5, 0.6) is 0 Å². The van der Waals surface area contributed by atoms with Crippen LogP contribution in [0, 0.1) is 11.7 Å². The van der Waals surface area contributed by atoms with Crippen LogP contribution in [0.25, 0.3) is 5.69 Å². The van der Waals surface area contributed by atoms with Crippen molar-refractivity contribution in [1.29, 1.82) is 0 Å². The highest BCUT2D eigenvalue weighted by Crippen LogP contribution is 2.27. The minimum atomic E-state index is -0.420. The fourth-order valence-electron chi connectivity index (χ4n) is 4.43. The summed E-state index contributed by atoms with van der Waals surface area (Å²) in [7, 11) is 0. The highest BCUT2D eigenvalue weighted by Gasteiger charge is 2.30. The number of fused-ring (bicyclic) bond motifs is 1. The Morgan fingerprint density at radius 1 is 1.29 bits per heavy atom. The van der Waals surface area contributed by atoms with Crippen molar-refractivity contribution in [2.75, 3.05) is 6.54 Å². The maximum absolute atomic E-state index is 13.2. The van der Waals surface area contributed by atoms with Crippen molar-refractivity contribution in [3.63, 3.8) is 0 Å². The van der Waals surface area contributed by atoms with Gasteiger partial charge in [-0.25, -0.2) is 9.37 Å². The molecule has 0 N–H and O–H groups in total. The summed E-state index contributed by atoms with van der Waals surface area (Å²) in [6, 6.07) is 6.39. The fraction of sp³-hybridized carbons (Fsp3) is 0.545. The van der Waals surface area contributed by atoms with E-state index in [-0.39, 0.29) is 17.8 Å². The van der Waals surface area contributed by atoms with Crippen molar-refractivity contribution in [3.8, 4) is 5.69 Å². The molecule has 2 heterocycles. The number of nitrogens with zero attached hydrogens (tertiary/aromatic N) is 3. The van der Waals surface area contributed by atoms with Crippen LogP contribution in [0.15, 0.2) is 30.6 Å². The molecular weight excluding hydrogens is 357 g/mol. The third-order valence-corrected chi connectivity index (χ3v) is 5.96. The van der Waals surface area contributed by atoms with Gasteiger partial charge in [-0.3, -0.25) is 4.79 Å². The molecule has 1 aromatic carbocycles. The van der Waals surface area contributed by atoms with Gasteiger partial charge in [-0.05, 0) is 49.9 Å². The van der Waals surface area contributed by atoms with Gasteiger partial charge in [0.2, 0.25) is 0 Å². The Bertz CT molecular complexity index is 833. The Morgan fingerprint density at radius 3 is 2.82 bits per heavy atom. The molecule has 0 saturated heterocycles. The van der Waals surface area contributed by atoms with Crippen LogP contribution >= 0.6 is 0 Å². The molecular formula is C22H28FN3O2. The summed E-state index contributed by atoms with van der Waals surface area (Å²) in [4.78, 5) is 19.3. The van der Waals surface area contributed by atoms with Gasteiger partial charge in [-0.2, -0.15) is 0 Å². The van der Waals surface area contributed by atoms with E-state index in [0.717, 1.165) is 36.3 Å². The average molecular weight is 385 g/mol. The molecule has 5 nitrogen and oxygen atoms in total. The van der Waals surface area contributed by atoms with Crippen molar-refractivity contribution >= 4 is 5.91 Å². The quantitative estimate of drug-likeness (QED) is 0.802. The highest BCUT2D eigenvalue weighted by atomic mass is 19.1. The van der Waals surface area contributed by atoms with Crippen LogP contribution in [0.2, 0.25) is 0 Å². The van der Waals surface area contributed by atoms with Crippen LogP contribution in [-0.2, 0) is 22.5 Å². The lowest BCUT2D eigenvalue weighted by Gasteiger charge is -2.33. The van der Waals surface area contributed by atoms with E-state index >= 15 is 0 Å². The number of amides is 1. The van der Waals surface area contributed by atoms with E-state index in [2.05, 4.69) is 11.9 Å². The van der Waals surface area contributed by atoms with Gasteiger partial charge in [0.1, 0.15) is 11.9 Å². The second-order valence-corrected chi connectivity index (χ2v) is 8.17. The Kier molecular flexibility index (Phi) is 5.49. The summed E-state index contributed by atoms with van der Waals surface area (Å²) in [6.45, 7) is 5.27. The zero-order valence-corrected chi connectivity index (χ0v) is 16.6. The van der Waals surface area contributed by atoms with Crippen LogP contribution in [0.4, 0.5) is 4.39 Å². The zero-order valence-electron chi connectivity index (χ0n) is 16.6. The summed E-state index contributed by atoms with van der Waals surface area (Å²) in [5, 5.41) is 0. The molecule has 2 aromatic rings. The van der Waals surface area contributed by atoms with Gasteiger partial charge >= 0.3 is 0 Å². The highest BCUT2D eigenvalue weighted by molar-refractivity contribution is 5.80. The van der Waals surface area contributed by atoms with Crippen molar-refractivity contribution in [3.05, 3.63) is 47.8 Å². The Hall–Kier alpha value is -2.21. The number of imidazole rings is 1. The van der Waals surface area contributed by atoms with Gasteiger partial charge in [-0.15, -0.1) is 0 Å². The SMILES string of the molecule is C[C@@H]1CCC[C@@H](O[C@@H](C)C(=O)N2CCc3c(ncn3-c3ccc(F)cc3)C2)C1. The van der Waals surface area contributed by atoms with Crippen molar-refractivity contribution in [2.45, 2.75) is 64.7 Å². The monoisotopic (exact) mass is 385 g/mol. The van der Waals surface area contributed by atoms with Crippen molar-refractivity contribution < 1.29 is 13.9 Å². The number of aromatic nitrogens is 2. The van der Waals surface area contributed by atoms with Crippen LogP contribution in [0.3, 0.4) is 0 Å². The van der Waals surface area contributed by atoms with E-state index in [9.17, 15) is 9.18 Å². The normalized spacial score (nSPS) is 23.3. The number of ether oxygens (including phenoxy) is 1. The van der Waals surface area contributed by atoms with Gasteiger partial charge in [0.25, 0.3) is 5.91 Å². The molecule has 0 spiro atoms. The second kappa shape index (κ2) is 8.03. The molecule has 1 aliphatic carbocycles. The third-order valence-electron chi connectivity index (χ3n) is 5.96. The average Bonchev–Trinajstić information content (AvgIpc) is 3.11. The van der Waals surface area contributed by atoms with E-state index in [1.807, 2.05) is 16.4 Å². The van der Waals surface area contributed by atoms with Gasteiger partial charge in [0.15, 0.2) is 0 Å². The number of hydrogen-bond acceptors (Lipinski definition) is 3. The summed E-state index contributed by atoms with van der Waals surface area (Å²) >= 11 is 0. The number of rotatable bonds is 4. The maximum Gasteiger partial charge on any atom is 0.251 e. The minimum Gasteiger partial charge on any atom is -0.365 e. The van der Waals surface area contributed by atoms with Crippen LogP contribution in [-0.4, -0.2) is 39.1 Å². The molecule has 1 fully saturated rings. The predicted octanol–water partition coefficient (Wildman–Crippen LogP) is 3.88. The van der Waals surface area contributed by atoms with Crippen LogP contribution in [0.1, 0.15) is 50.9 Å². The van der Waals surface area contributed by atoms with E-state index in [1.54, 1.807) is 18.5 Å². The zero-order chi connectivity index (χ0) is 19.7.